The molecule has 26 heavy (non-hydrogen) atoms. The zero-order valence-corrected chi connectivity index (χ0v) is 14.6. The minimum atomic E-state index is -0.161. The molecule has 1 aromatic carbocycles. The molecule has 0 atom stereocenters. The number of hydrogen-bond donors (Lipinski definition) is 1. The number of carbonyl (C=O) groups excluding carboxylic acids is 2. The van der Waals surface area contributed by atoms with Gasteiger partial charge >= 0.3 is 0 Å². The van der Waals surface area contributed by atoms with Crippen LogP contribution in [-0.2, 0) is 11.3 Å². The molecule has 0 radical (unpaired) electrons. The van der Waals surface area contributed by atoms with E-state index in [4.69, 9.17) is 0 Å². The lowest BCUT2D eigenvalue weighted by molar-refractivity contribution is -0.121. The third-order valence-corrected chi connectivity index (χ3v) is 4.07. The first kappa shape index (κ1) is 17.5. The van der Waals surface area contributed by atoms with Crippen molar-refractivity contribution in [1.82, 2.24) is 19.9 Å². The molecule has 6 nitrogen and oxygen atoms in total. The fraction of sp³-hybridized carbons (Fsp3) is 0.200. The molecule has 0 saturated heterocycles. The van der Waals surface area contributed by atoms with E-state index in [1.807, 2.05) is 48.0 Å². The number of nitrogens with zero attached hydrogens (tertiary/aromatic N) is 3. The average molecular weight is 348 g/mol. The molecular weight excluding hydrogens is 328 g/mol. The number of pyridine rings is 1. The number of aromatic nitrogens is 3. The predicted molar refractivity (Wildman–Crippen MR) is 97.9 cm³/mol. The van der Waals surface area contributed by atoms with E-state index in [1.165, 1.54) is 0 Å². The van der Waals surface area contributed by atoms with Gasteiger partial charge in [0.1, 0.15) is 11.6 Å². The van der Waals surface area contributed by atoms with Crippen molar-refractivity contribution in [2.24, 2.45) is 0 Å². The van der Waals surface area contributed by atoms with Crippen molar-refractivity contribution in [2.45, 2.75) is 26.3 Å². The van der Waals surface area contributed by atoms with Crippen molar-refractivity contribution >= 4 is 11.7 Å². The largest absolute Gasteiger partial charge is 0.352 e. The number of amides is 1. The molecule has 0 aliphatic rings. The van der Waals surface area contributed by atoms with E-state index < -0.39 is 0 Å². The molecule has 0 unspecified atom stereocenters. The summed E-state index contributed by atoms with van der Waals surface area (Å²) in [7, 11) is 0. The van der Waals surface area contributed by atoms with Gasteiger partial charge in [-0.2, -0.15) is 0 Å². The highest BCUT2D eigenvalue weighted by atomic mass is 16.2. The summed E-state index contributed by atoms with van der Waals surface area (Å²) < 4.78 is 1.88. The van der Waals surface area contributed by atoms with Crippen LogP contribution in [0.25, 0.3) is 5.82 Å². The lowest BCUT2D eigenvalue weighted by Crippen LogP contribution is -2.24. The third-order valence-electron chi connectivity index (χ3n) is 4.07. The van der Waals surface area contributed by atoms with Crippen molar-refractivity contribution in [1.29, 1.82) is 0 Å². The number of Topliss-reactive ketones (excluding diaryl/α,β-unsaturated/α-hetero) is 1. The number of hydrogen-bond acceptors (Lipinski definition) is 4. The number of imidazole rings is 1. The molecule has 3 aromatic rings. The Labute approximate surface area is 151 Å². The highest BCUT2D eigenvalue weighted by Gasteiger charge is 2.11. The molecule has 1 N–H and O–H groups in total. The summed E-state index contributed by atoms with van der Waals surface area (Å²) in [6.07, 6.45) is 5.60. The van der Waals surface area contributed by atoms with E-state index in [0.717, 1.165) is 17.2 Å². The van der Waals surface area contributed by atoms with Crippen LogP contribution < -0.4 is 5.32 Å². The lowest BCUT2D eigenvalue weighted by atomic mass is 10.1. The fourth-order valence-electron chi connectivity index (χ4n) is 2.66. The van der Waals surface area contributed by atoms with Crippen LogP contribution in [-0.4, -0.2) is 26.2 Å². The molecule has 0 saturated carbocycles. The topological polar surface area (TPSA) is 76.9 Å². The predicted octanol–water partition coefficient (Wildman–Crippen LogP) is 2.86. The molecule has 0 bridgehead atoms. The Morgan fingerprint density at radius 2 is 1.81 bits per heavy atom. The molecule has 1 amide bonds. The zero-order chi connectivity index (χ0) is 18.4. The van der Waals surface area contributed by atoms with Crippen LogP contribution in [0.4, 0.5) is 0 Å². The summed E-state index contributed by atoms with van der Waals surface area (Å²) in [6.45, 7) is 2.24. The molecule has 0 spiro atoms. The number of carbonyl (C=O) groups is 2. The highest BCUT2D eigenvalue weighted by molar-refractivity contribution is 5.97. The van der Waals surface area contributed by atoms with Crippen molar-refractivity contribution in [3.8, 4) is 5.82 Å². The van der Waals surface area contributed by atoms with Crippen LogP contribution in [0.3, 0.4) is 0 Å². The monoisotopic (exact) mass is 348 g/mol. The number of nitrogens with one attached hydrogen (secondary N) is 1. The van der Waals surface area contributed by atoms with Gasteiger partial charge in [-0.3, -0.25) is 14.2 Å². The van der Waals surface area contributed by atoms with E-state index in [1.54, 1.807) is 24.5 Å². The normalized spacial score (nSPS) is 10.5. The first-order valence-corrected chi connectivity index (χ1v) is 8.44. The van der Waals surface area contributed by atoms with E-state index in [9.17, 15) is 9.59 Å². The standard InChI is InChI=1S/C20H20N4O2/c1-15-21-12-13-24(15)20-17(8-5-11-22-20)14-23-19(26)10-9-18(25)16-6-3-2-4-7-16/h2-8,11-13H,9-10,14H2,1H3,(H,23,26). The van der Waals surface area contributed by atoms with Crippen molar-refractivity contribution in [3.63, 3.8) is 0 Å². The van der Waals surface area contributed by atoms with E-state index in [0.29, 0.717) is 12.1 Å². The summed E-state index contributed by atoms with van der Waals surface area (Å²) in [5, 5.41) is 2.86. The highest BCUT2D eigenvalue weighted by Crippen LogP contribution is 2.13. The van der Waals surface area contributed by atoms with Crippen molar-refractivity contribution in [2.75, 3.05) is 0 Å². The van der Waals surface area contributed by atoms with Crippen LogP contribution in [0.15, 0.2) is 61.1 Å². The second-order valence-electron chi connectivity index (χ2n) is 5.90. The molecule has 0 aliphatic heterocycles. The Kier molecular flexibility index (Phi) is 5.53. The van der Waals surface area contributed by atoms with Crippen molar-refractivity contribution < 1.29 is 9.59 Å². The second kappa shape index (κ2) is 8.20. The zero-order valence-electron chi connectivity index (χ0n) is 14.6. The van der Waals surface area contributed by atoms with Gasteiger partial charge in [0.25, 0.3) is 0 Å². The van der Waals surface area contributed by atoms with Crippen LogP contribution in [0.1, 0.15) is 34.6 Å². The number of benzene rings is 1. The van der Waals surface area contributed by atoms with Crippen LogP contribution >= 0.6 is 0 Å². The average Bonchev–Trinajstić information content (AvgIpc) is 3.11. The van der Waals surface area contributed by atoms with Gasteiger partial charge in [0.05, 0.1) is 0 Å². The number of rotatable bonds is 7. The lowest BCUT2D eigenvalue weighted by Gasteiger charge is -2.11. The first-order valence-electron chi connectivity index (χ1n) is 8.44. The van der Waals surface area contributed by atoms with E-state index >= 15 is 0 Å². The SMILES string of the molecule is Cc1nccn1-c1ncccc1CNC(=O)CCC(=O)c1ccccc1. The van der Waals surface area contributed by atoms with E-state index in [-0.39, 0.29) is 24.5 Å². The number of ketones is 1. The van der Waals surface area contributed by atoms with Gasteiger partial charge in [-0.25, -0.2) is 9.97 Å². The minimum absolute atomic E-state index is 0.0307. The summed E-state index contributed by atoms with van der Waals surface area (Å²) in [4.78, 5) is 32.8. The Morgan fingerprint density at radius 1 is 1.00 bits per heavy atom. The van der Waals surface area contributed by atoms with Crippen LogP contribution in [0.2, 0.25) is 0 Å². The molecule has 2 aromatic heterocycles. The van der Waals surface area contributed by atoms with Gasteiger partial charge in [0.15, 0.2) is 5.78 Å². The van der Waals surface area contributed by atoms with Crippen LogP contribution in [0, 0.1) is 6.92 Å². The summed E-state index contributed by atoms with van der Waals surface area (Å²) in [6, 6.07) is 12.8. The molecular formula is C20H20N4O2. The molecule has 132 valence electrons. The molecule has 3 rings (SSSR count). The Hall–Kier alpha value is -3.28. The second-order valence-corrected chi connectivity index (χ2v) is 5.90. The van der Waals surface area contributed by atoms with Gasteiger partial charge in [0, 0.05) is 49.1 Å². The summed E-state index contributed by atoms with van der Waals surface area (Å²) in [5.41, 5.74) is 1.52. The summed E-state index contributed by atoms with van der Waals surface area (Å²) in [5.74, 6) is 1.37. The van der Waals surface area contributed by atoms with E-state index in [2.05, 4.69) is 15.3 Å². The Morgan fingerprint density at radius 3 is 2.54 bits per heavy atom. The van der Waals surface area contributed by atoms with Crippen LogP contribution in [0.5, 0.6) is 0 Å². The molecule has 6 heteroatoms. The van der Waals surface area contributed by atoms with Gasteiger partial charge in [-0.1, -0.05) is 36.4 Å². The molecule has 0 aliphatic carbocycles. The molecule has 0 fully saturated rings. The van der Waals surface area contributed by atoms with Crippen molar-refractivity contribution in [3.05, 3.63) is 78.0 Å². The minimum Gasteiger partial charge on any atom is -0.352 e. The maximum absolute atomic E-state index is 12.1. The van der Waals surface area contributed by atoms with Gasteiger partial charge in [-0.05, 0) is 13.0 Å². The fourth-order valence-corrected chi connectivity index (χ4v) is 2.66. The first-order chi connectivity index (χ1) is 12.6. The maximum Gasteiger partial charge on any atom is 0.220 e. The van der Waals surface area contributed by atoms with Gasteiger partial charge < -0.3 is 5.32 Å². The molecule has 2 heterocycles. The maximum atomic E-state index is 12.1. The Balaban J connectivity index is 1.57. The van der Waals surface area contributed by atoms with Gasteiger partial charge in [-0.15, -0.1) is 0 Å². The smallest absolute Gasteiger partial charge is 0.220 e. The Bertz CT molecular complexity index is 903. The quantitative estimate of drug-likeness (QED) is 0.666. The summed E-state index contributed by atoms with van der Waals surface area (Å²) >= 11 is 0. The third kappa shape index (κ3) is 4.22. The van der Waals surface area contributed by atoms with Gasteiger partial charge in [0.2, 0.25) is 5.91 Å². The number of aryl methyl sites for hydroxylation is 1.